The van der Waals surface area contributed by atoms with Crippen LogP contribution < -0.4 is 30.0 Å². The van der Waals surface area contributed by atoms with Gasteiger partial charge in [-0.3, -0.25) is 9.59 Å². The Morgan fingerprint density at radius 1 is 0.957 bits per heavy atom. The lowest BCUT2D eigenvalue weighted by molar-refractivity contribution is 0.0461. The molecule has 12 heteroatoms. The molecule has 2 saturated heterocycles. The van der Waals surface area contributed by atoms with Gasteiger partial charge >= 0.3 is 0 Å². The smallest absolute Gasteiger partial charge is 0.256 e. The summed E-state index contributed by atoms with van der Waals surface area (Å²) < 4.78 is 29.3. The van der Waals surface area contributed by atoms with E-state index in [2.05, 4.69) is 12.2 Å². The minimum Gasteiger partial charge on any atom is -0.493 e. The zero-order valence-electron chi connectivity index (χ0n) is 28.2. The molecule has 2 aromatic carbocycles. The molecule has 5 rings (SSSR count). The minimum absolute atomic E-state index is 0.00867. The van der Waals surface area contributed by atoms with Gasteiger partial charge in [-0.15, -0.1) is 11.8 Å². The van der Waals surface area contributed by atoms with E-state index >= 15 is 0 Å². The quantitative estimate of drug-likeness (QED) is 0.131. The number of ether oxygens (including phenoxy) is 5. The third-order valence-electron chi connectivity index (χ3n) is 9.11. The van der Waals surface area contributed by atoms with Gasteiger partial charge in [0.2, 0.25) is 0 Å². The number of methoxy groups -OCH3 is 2. The van der Waals surface area contributed by atoms with Gasteiger partial charge in [0.1, 0.15) is 5.44 Å². The first-order chi connectivity index (χ1) is 22.9. The topological polar surface area (TPSA) is 125 Å². The van der Waals surface area contributed by atoms with Gasteiger partial charge in [-0.2, -0.15) is 0 Å². The van der Waals surface area contributed by atoms with Crippen LogP contribution in [0.15, 0.2) is 24.3 Å². The van der Waals surface area contributed by atoms with Crippen molar-refractivity contribution in [3.05, 3.63) is 35.4 Å². The number of nitrogens with two attached hydrogens (primary N) is 1. The van der Waals surface area contributed by atoms with Crippen LogP contribution in [0.5, 0.6) is 23.0 Å². The van der Waals surface area contributed by atoms with Crippen LogP contribution in [0.1, 0.15) is 79.5 Å². The number of benzene rings is 2. The first-order valence-corrected chi connectivity index (χ1v) is 18.0. The highest BCUT2D eigenvalue weighted by Crippen LogP contribution is 2.38. The molecule has 2 amide bonds. The summed E-state index contributed by atoms with van der Waals surface area (Å²) in [6.07, 6.45) is 6.40. The van der Waals surface area contributed by atoms with E-state index in [0.29, 0.717) is 66.2 Å². The monoisotopic (exact) mass is 670 g/mol. The molecule has 2 aromatic rings. The second-order valence-electron chi connectivity index (χ2n) is 12.1. The highest BCUT2D eigenvalue weighted by Gasteiger charge is 2.37. The highest BCUT2D eigenvalue weighted by molar-refractivity contribution is 7.99. The molecule has 0 aliphatic carbocycles. The molecule has 0 spiro atoms. The lowest BCUT2D eigenvalue weighted by atomic mass is 10.1. The van der Waals surface area contributed by atoms with Gasteiger partial charge in [-0.1, -0.05) is 6.92 Å². The van der Waals surface area contributed by atoms with Gasteiger partial charge in [0.15, 0.2) is 23.0 Å². The molecule has 47 heavy (non-hydrogen) atoms. The van der Waals surface area contributed by atoms with E-state index in [0.717, 1.165) is 69.5 Å². The summed E-state index contributed by atoms with van der Waals surface area (Å²) in [6, 6.07) is 7.30. The summed E-state index contributed by atoms with van der Waals surface area (Å²) in [4.78, 5) is 30.7. The van der Waals surface area contributed by atoms with E-state index in [-0.39, 0.29) is 29.3 Å². The first kappa shape index (κ1) is 34.8. The number of hydrogen-bond donors (Lipinski definition) is 2. The Morgan fingerprint density at radius 2 is 1.66 bits per heavy atom. The van der Waals surface area contributed by atoms with Gasteiger partial charge in [0.05, 0.1) is 50.3 Å². The molecule has 3 N–H and O–H groups in total. The largest absolute Gasteiger partial charge is 0.493 e. The normalized spacial score (nSPS) is 19.4. The maximum Gasteiger partial charge on any atom is 0.256 e. The standard InChI is InChI=1S/C35H50N4O7S/c1-5-44-35(47-6-2)28-13-11-15-39(28)33(40)24-18-29(42-3)31(20-26(24)36)45-16-8-7-9-17-46-32-21-27-25(19-30(32)43-4)34(41)38-14-10-12-23(38)22-37-27/h18-21,23,28,35,37H,5-17,22,36H2,1-4H3/t23-,28-,35?/m0/s1. The molecule has 3 aliphatic rings. The van der Waals surface area contributed by atoms with E-state index in [1.54, 1.807) is 44.2 Å². The molecule has 0 aromatic heterocycles. The third-order valence-corrected chi connectivity index (χ3v) is 10.2. The Bertz CT molecular complexity index is 1390. The number of fused-ring (bicyclic) bond motifs is 2. The first-order valence-electron chi connectivity index (χ1n) is 16.9. The summed E-state index contributed by atoms with van der Waals surface area (Å²) in [5.41, 5.74) is 8.56. The second kappa shape index (κ2) is 16.5. The molecule has 0 saturated carbocycles. The summed E-state index contributed by atoms with van der Waals surface area (Å²) in [7, 11) is 3.16. The van der Waals surface area contributed by atoms with Gasteiger partial charge < -0.3 is 44.5 Å². The highest BCUT2D eigenvalue weighted by atomic mass is 32.2. The van der Waals surface area contributed by atoms with E-state index in [1.165, 1.54) is 0 Å². The lowest BCUT2D eigenvalue weighted by Crippen LogP contribution is -2.43. The molecule has 0 bridgehead atoms. The van der Waals surface area contributed by atoms with Crippen molar-refractivity contribution in [2.75, 3.05) is 70.5 Å². The van der Waals surface area contributed by atoms with E-state index in [1.807, 2.05) is 22.8 Å². The lowest BCUT2D eigenvalue weighted by Gasteiger charge is -2.31. The number of nitrogens with one attached hydrogen (secondary N) is 1. The predicted octanol–water partition coefficient (Wildman–Crippen LogP) is 5.66. The van der Waals surface area contributed by atoms with Crippen LogP contribution in [-0.2, 0) is 4.74 Å². The van der Waals surface area contributed by atoms with Crippen LogP contribution in [0.25, 0.3) is 0 Å². The fourth-order valence-corrected chi connectivity index (χ4v) is 7.78. The number of hydrogen-bond acceptors (Lipinski definition) is 10. The van der Waals surface area contributed by atoms with E-state index in [9.17, 15) is 9.59 Å². The van der Waals surface area contributed by atoms with Crippen LogP contribution in [0.4, 0.5) is 11.4 Å². The maximum atomic E-state index is 13.7. The van der Waals surface area contributed by atoms with Crippen LogP contribution in [0.3, 0.4) is 0 Å². The summed E-state index contributed by atoms with van der Waals surface area (Å²) in [5.74, 6) is 3.04. The number of carbonyl (C=O) groups is 2. The average Bonchev–Trinajstić information content (AvgIpc) is 3.74. The van der Waals surface area contributed by atoms with Crippen molar-refractivity contribution in [2.24, 2.45) is 0 Å². The summed E-state index contributed by atoms with van der Waals surface area (Å²) >= 11 is 1.73. The molecular formula is C35H50N4O7S. The summed E-state index contributed by atoms with van der Waals surface area (Å²) in [6.45, 7) is 7.88. The minimum atomic E-state index is -0.106. The third kappa shape index (κ3) is 7.97. The molecule has 3 heterocycles. The Kier molecular flexibility index (Phi) is 12.3. The van der Waals surface area contributed by atoms with Crippen molar-refractivity contribution in [3.63, 3.8) is 0 Å². The number of rotatable bonds is 16. The number of nitrogen functional groups attached to an aromatic ring is 1. The molecule has 11 nitrogen and oxygen atoms in total. The van der Waals surface area contributed by atoms with Crippen molar-refractivity contribution in [1.29, 1.82) is 0 Å². The molecule has 1 unspecified atom stereocenters. The Morgan fingerprint density at radius 3 is 2.36 bits per heavy atom. The van der Waals surface area contributed by atoms with Crippen molar-refractivity contribution in [2.45, 2.75) is 76.3 Å². The number of thioether (sulfide) groups is 1. The van der Waals surface area contributed by atoms with Crippen molar-refractivity contribution < 1.29 is 33.3 Å². The van der Waals surface area contributed by atoms with Crippen molar-refractivity contribution in [3.8, 4) is 23.0 Å². The van der Waals surface area contributed by atoms with Crippen molar-refractivity contribution >= 4 is 35.0 Å². The maximum absolute atomic E-state index is 13.7. The van der Waals surface area contributed by atoms with Crippen molar-refractivity contribution in [1.82, 2.24) is 9.80 Å². The van der Waals surface area contributed by atoms with Gasteiger partial charge in [0, 0.05) is 50.1 Å². The summed E-state index contributed by atoms with van der Waals surface area (Å²) in [5, 5.41) is 3.44. The molecule has 258 valence electrons. The Labute approximate surface area is 282 Å². The molecule has 3 aliphatic heterocycles. The predicted molar refractivity (Wildman–Crippen MR) is 185 cm³/mol. The van der Waals surface area contributed by atoms with Gasteiger partial charge in [-0.25, -0.2) is 0 Å². The number of likely N-dealkylation sites (tertiary alicyclic amines) is 1. The molecule has 2 fully saturated rings. The number of amides is 2. The number of nitrogens with zero attached hydrogens (tertiary/aromatic N) is 2. The average molecular weight is 671 g/mol. The zero-order valence-corrected chi connectivity index (χ0v) is 29.0. The van der Waals surface area contributed by atoms with Crippen LogP contribution in [0, 0.1) is 0 Å². The molecular weight excluding hydrogens is 620 g/mol. The number of unbranched alkanes of at least 4 members (excludes halogenated alkanes) is 2. The van der Waals surface area contributed by atoms with Crippen LogP contribution >= 0.6 is 11.8 Å². The fourth-order valence-electron chi connectivity index (χ4n) is 6.71. The van der Waals surface area contributed by atoms with E-state index < -0.39 is 0 Å². The van der Waals surface area contributed by atoms with Gasteiger partial charge in [-0.05, 0) is 69.8 Å². The SMILES string of the molecule is CCOC(SCC)[C@@H]1CCCN1C(=O)c1cc(OC)c(OCCCCCOc2cc3c(cc2OC)C(=O)N2CCC[C@H]2CN3)cc1N. The number of anilines is 2. The molecule has 0 radical (unpaired) electrons. The number of carbonyl (C=O) groups excluding carboxylic acids is 2. The zero-order chi connectivity index (χ0) is 33.3. The Balaban J connectivity index is 1.11. The van der Waals surface area contributed by atoms with Gasteiger partial charge in [0.25, 0.3) is 11.8 Å². The Hall–Kier alpha value is -3.51. The van der Waals surface area contributed by atoms with Crippen LogP contribution in [-0.4, -0.2) is 98.6 Å². The van der Waals surface area contributed by atoms with Crippen LogP contribution in [0.2, 0.25) is 0 Å². The van der Waals surface area contributed by atoms with E-state index in [4.69, 9.17) is 29.4 Å². The fraction of sp³-hybridized carbons (Fsp3) is 0.600. The molecule has 3 atom stereocenters. The second-order valence-corrected chi connectivity index (χ2v) is 13.4.